The molecule has 1 unspecified atom stereocenters. The molecule has 286 valence electrons. The van der Waals surface area contributed by atoms with E-state index in [4.69, 9.17) is 9.98 Å². The molecule has 8 aromatic carbocycles. The quantitative estimate of drug-likeness (QED) is 0.186. The molecule has 2 heterocycles. The molecule has 0 amide bonds. The van der Waals surface area contributed by atoms with Crippen molar-refractivity contribution in [3.05, 3.63) is 198 Å². The van der Waals surface area contributed by atoms with E-state index in [1.165, 1.54) is 67.5 Å². The SMILES string of the molecule is CC1(C)CCC(C)(C)c2cc3c(cc21)c1cc2ccccc2cc1n3-c1ccc(C2N=C(c3cccc(-c4ccccc4)c3)NC(c3cccc4ccccc34)=N2)cc1. The summed E-state index contributed by atoms with van der Waals surface area (Å²) in [6.07, 6.45) is 1.92. The van der Waals surface area contributed by atoms with Crippen LogP contribution in [0.1, 0.15) is 74.5 Å². The third-order valence-corrected chi connectivity index (χ3v) is 13.1. The first-order valence-corrected chi connectivity index (χ1v) is 20.9. The van der Waals surface area contributed by atoms with Gasteiger partial charge in [-0.2, -0.15) is 0 Å². The van der Waals surface area contributed by atoms with Gasteiger partial charge < -0.3 is 9.88 Å². The van der Waals surface area contributed by atoms with Gasteiger partial charge in [0.15, 0.2) is 6.17 Å². The first-order valence-electron chi connectivity index (χ1n) is 20.9. The second-order valence-electron chi connectivity index (χ2n) is 17.8. The van der Waals surface area contributed by atoms with Crippen molar-refractivity contribution in [1.82, 2.24) is 9.88 Å². The Bertz CT molecular complexity index is 3180. The molecule has 1 atom stereocenters. The molecule has 1 aliphatic heterocycles. The number of aliphatic imine (C=N–C) groups is 2. The van der Waals surface area contributed by atoms with Crippen LogP contribution < -0.4 is 5.32 Å². The molecule has 11 rings (SSSR count). The molecule has 1 aliphatic carbocycles. The number of benzene rings is 8. The predicted molar refractivity (Wildman–Crippen MR) is 248 cm³/mol. The molecule has 0 radical (unpaired) electrons. The lowest BCUT2D eigenvalue weighted by molar-refractivity contribution is 0.332. The molecule has 0 bridgehead atoms. The molecule has 0 fully saturated rings. The maximum atomic E-state index is 5.34. The lowest BCUT2D eigenvalue weighted by Gasteiger charge is -2.42. The van der Waals surface area contributed by atoms with E-state index in [9.17, 15) is 0 Å². The van der Waals surface area contributed by atoms with Gasteiger partial charge >= 0.3 is 0 Å². The topological polar surface area (TPSA) is 41.7 Å². The Hall–Kier alpha value is -6.78. The van der Waals surface area contributed by atoms with Gasteiger partial charge in [0, 0.05) is 27.6 Å². The fourth-order valence-electron chi connectivity index (χ4n) is 9.63. The minimum absolute atomic E-state index is 0.0973. The zero-order valence-corrected chi connectivity index (χ0v) is 34.0. The number of amidine groups is 2. The Morgan fingerprint density at radius 2 is 1.05 bits per heavy atom. The van der Waals surface area contributed by atoms with Crippen molar-refractivity contribution in [3.8, 4) is 16.8 Å². The fourth-order valence-corrected chi connectivity index (χ4v) is 9.63. The molecule has 59 heavy (non-hydrogen) atoms. The van der Waals surface area contributed by atoms with Crippen LogP contribution in [0.4, 0.5) is 0 Å². The second kappa shape index (κ2) is 13.4. The molecule has 4 nitrogen and oxygen atoms in total. The zero-order chi connectivity index (χ0) is 39.9. The summed E-state index contributed by atoms with van der Waals surface area (Å²) in [5.41, 5.74) is 12.2. The maximum Gasteiger partial charge on any atom is 0.169 e. The van der Waals surface area contributed by atoms with Crippen molar-refractivity contribution in [3.63, 3.8) is 0 Å². The van der Waals surface area contributed by atoms with Gasteiger partial charge in [-0.15, -0.1) is 0 Å². The van der Waals surface area contributed by atoms with Crippen molar-refractivity contribution in [2.75, 3.05) is 0 Å². The highest BCUT2D eigenvalue weighted by Gasteiger charge is 2.38. The van der Waals surface area contributed by atoms with Crippen LogP contribution in [0.5, 0.6) is 0 Å². The van der Waals surface area contributed by atoms with Gasteiger partial charge in [-0.3, -0.25) is 0 Å². The molecule has 0 saturated heterocycles. The number of fused-ring (bicyclic) bond motifs is 6. The van der Waals surface area contributed by atoms with Crippen LogP contribution >= 0.6 is 0 Å². The lowest BCUT2D eigenvalue weighted by atomic mass is 9.63. The molecule has 1 aromatic heterocycles. The van der Waals surface area contributed by atoms with Gasteiger partial charge in [0.05, 0.1) is 11.0 Å². The van der Waals surface area contributed by atoms with Crippen molar-refractivity contribution in [2.45, 2.75) is 57.5 Å². The Labute approximate surface area is 345 Å². The molecule has 0 saturated carbocycles. The minimum atomic E-state index is -0.438. The number of rotatable bonds is 5. The zero-order valence-electron chi connectivity index (χ0n) is 34.0. The highest BCUT2D eigenvalue weighted by Crippen LogP contribution is 2.49. The number of nitrogens with one attached hydrogen (secondary N) is 1. The van der Waals surface area contributed by atoms with E-state index in [1.807, 2.05) is 0 Å². The maximum absolute atomic E-state index is 5.34. The van der Waals surface area contributed by atoms with Crippen molar-refractivity contribution in [1.29, 1.82) is 0 Å². The molecule has 0 spiro atoms. The molecule has 9 aromatic rings. The van der Waals surface area contributed by atoms with E-state index in [-0.39, 0.29) is 10.8 Å². The van der Waals surface area contributed by atoms with Crippen LogP contribution in [0.3, 0.4) is 0 Å². The molecule has 1 N–H and O–H groups in total. The van der Waals surface area contributed by atoms with Crippen LogP contribution in [0.15, 0.2) is 180 Å². The van der Waals surface area contributed by atoms with Crippen LogP contribution in [0, 0.1) is 0 Å². The first-order chi connectivity index (χ1) is 28.7. The summed E-state index contributed by atoms with van der Waals surface area (Å²) in [4.78, 5) is 10.7. The molecule has 2 aliphatic rings. The van der Waals surface area contributed by atoms with Gasteiger partial charge in [0.2, 0.25) is 0 Å². The summed E-state index contributed by atoms with van der Waals surface area (Å²) in [6, 6.07) is 61.6. The summed E-state index contributed by atoms with van der Waals surface area (Å²) >= 11 is 0. The molecule has 4 heteroatoms. The van der Waals surface area contributed by atoms with Gasteiger partial charge in [-0.05, 0) is 115 Å². The normalized spacial score (nSPS) is 17.1. The van der Waals surface area contributed by atoms with Crippen molar-refractivity contribution in [2.24, 2.45) is 9.98 Å². The molecular formula is C55H46N4. The van der Waals surface area contributed by atoms with Crippen LogP contribution in [-0.4, -0.2) is 16.2 Å². The Morgan fingerprint density at radius 3 is 1.83 bits per heavy atom. The predicted octanol–water partition coefficient (Wildman–Crippen LogP) is 13.6. The van der Waals surface area contributed by atoms with E-state index >= 15 is 0 Å². The van der Waals surface area contributed by atoms with E-state index in [0.29, 0.717) is 0 Å². The highest BCUT2D eigenvalue weighted by molar-refractivity contribution is 6.20. The smallest absolute Gasteiger partial charge is 0.169 e. The Kier molecular flexibility index (Phi) is 8.03. The average molecular weight is 763 g/mol. The number of hydrogen-bond donors (Lipinski definition) is 1. The van der Waals surface area contributed by atoms with E-state index in [1.54, 1.807) is 0 Å². The summed E-state index contributed by atoms with van der Waals surface area (Å²) < 4.78 is 2.48. The van der Waals surface area contributed by atoms with Crippen molar-refractivity contribution >= 4 is 55.0 Å². The number of hydrogen-bond acceptors (Lipinski definition) is 3. The third kappa shape index (κ3) is 5.97. The van der Waals surface area contributed by atoms with Gasteiger partial charge in [-0.1, -0.05) is 155 Å². The Morgan fingerprint density at radius 1 is 0.475 bits per heavy atom. The van der Waals surface area contributed by atoms with Crippen LogP contribution in [-0.2, 0) is 10.8 Å². The number of nitrogens with zero attached hydrogens (tertiary/aromatic N) is 3. The van der Waals surface area contributed by atoms with Gasteiger partial charge in [-0.25, -0.2) is 9.98 Å². The second-order valence-corrected chi connectivity index (χ2v) is 17.8. The van der Waals surface area contributed by atoms with Crippen LogP contribution in [0.2, 0.25) is 0 Å². The van der Waals surface area contributed by atoms with E-state index in [0.717, 1.165) is 45.0 Å². The minimum Gasteiger partial charge on any atom is -0.324 e. The van der Waals surface area contributed by atoms with Crippen molar-refractivity contribution < 1.29 is 0 Å². The molecular weight excluding hydrogens is 717 g/mol. The van der Waals surface area contributed by atoms with E-state index in [2.05, 4.69) is 207 Å². The Balaban J connectivity index is 1.07. The lowest BCUT2D eigenvalue weighted by Crippen LogP contribution is -2.36. The summed E-state index contributed by atoms with van der Waals surface area (Å²) in [7, 11) is 0. The summed E-state index contributed by atoms with van der Waals surface area (Å²) in [5, 5.41) is 11.1. The highest BCUT2D eigenvalue weighted by atomic mass is 15.2. The summed E-state index contributed by atoms with van der Waals surface area (Å²) in [6.45, 7) is 9.68. The standard InChI is InChI=1S/C55H46N4/c1-54(2)28-29-55(3,4)48-34-50-46(33-47(48)54)45-31-39-17-8-9-18-40(39)32-49(45)59(50)42-26-24-37(25-27-42)51-56-52(41-21-12-20-38(30-41)35-14-6-5-7-15-35)58-53(57-51)44-23-13-19-36-16-10-11-22-43(36)44/h5-27,30-34,51H,28-29H2,1-4H3,(H,56,57,58). The van der Waals surface area contributed by atoms with Gasteiger partial charge in [0.1, 0.15) is 11.7 Å². The fraction of sp³-hybridized carbons (Fsp3) is 0.164. The monoisotopic (exact) mass is 762 g/mol. The number of aromatic nitrogens is 1. The van der Waals surface area contributed by atoms with Crippen LogP contribution in [0.25, 0.3) is 60.2 Å². The summed E-state index contributed by atoms with van der Waals surface area (Å²) in [5.74, 6) is 1.62. The first kappa shape index (κ1) is 35.4. The van der Waals surface area contributed by atoms with E-state index < -0.39 is 6.17 Å². The third-order valence-electron chi connectivity index (χ3n) is 13.1. The average Bonchev–Trinajstić information content (AvgIpc) is 3.59. The largest absolute Gasteiger partial charge is 0.324 e. The van der Waals surface area contributed by atoms with Gasteiger partial charge in [0.25, 0.3) is 0 Å².